The third-order valence-corrected chi connectivity index (χ3v) is 3.69. The normalized spacial score (nSPS) is 10.3. The fourth-order valence-corrected chi connectivity index (χ4v) is 2.40. The van der Waals surface area contributed by atoms with Crippen LogP contribution in [0.25, 0.3) is 0 Å². The summed E-state index contributed by atoms with van der Waals surface area (Å²) in [5.74, 6) is 0.896. The highest BCUT2D eigenvalue weighted by Gasteiger charge is 2.09. The fraction of sp³-hybridized carbons (Fsp3) is 0.0952. The van der Waals surface area contributed by atoms with Gasteiger partial charge < -0.3 is 10.1 Å². The van der Waals surface area contributed by atoms with Crippen molar-refractivity contribution in [1.29, 1.82) is 0 Å². The molecule has 0 bridgehead atoms. The van der Waals surface area contributed by atoms with Crippen LogP contribution in [0.3, 0.4) is 0 Å². The van der Waals surface area contributed by atoms with E-state index in [1.165, 1.54) is 12.1 Å². The summed E-state index contributed by atoms with van der Waals surface area (Å²) >= 11 is 0. The van der Waals surface area contributed by atoms with Gasteiger partial charge in [-0.2, -0.15) is 0 Å². The number of aryl methyl sites for hydroxylation is 1. The van der Waals surface area contributed by atoms with E-state index in [4.69, 9.17) is 4.74 Å². The second-order valence-electron chi connectivity index (χ2n) is 5.59. The number of ether oxygens (including phenoxy) is 1. The number of rotatable bonds is 6. The Labute approximate surface area is 146 Å². The third-order valence-electron chi connectivity index (χ3n) is 3.69. The molecule has 0 aliphatic rings. The number of amides is 1. The van der Waals surface area contributed by atoms with Crippen LogP contribution in [-0.2, 0) is 11.2 Å². The number of carbonyl (C=O) groups excluding carboxylic acids is 1. The fourth-order valence-electron chi connectivity index (χ4n) is 2.40. The van der Waals surface area contributed by atoms with Crippen molar-refractivity contribution < 1.29 is 13.9 Å². The van der Waals surface area contributed by atoms with Gasteiger partial charge in [0, 0.05) is 6.42 Å². The second-order valence-corrected chi connectivity index (χ2v) is 5.59. The first-order valence-corrected chi connectivity index (χ1v) is 8.07. The van der Waals surface area contributed by atoms with Crippen molar-refractivity contribution in [1.82, 2.24) is 0 Å². The van der Waals surface area contributed by atoms with Gasteiger partial charge >= 0.3 is 0 Å². The Hall–Kier alpha value is -3.14. The van der Waals surface area contributed by atoms with Gasteiger partial charge in [0.2, 0.25) is 5.91 Å². The smallest absolute Gasteiger partial charge is 0.224 e. The molecule has 3 aromatic carbocycles. The van der Waals surface area contributed by atoms with Crippen molar-refractivity contribution in [3.63, 3.8) is 0 Å². The Kier molecular flexibility index (Phi) is 5.42. The van der Waals surface area contributed by atoms with Gasteiger partial charge in [-0.3, -0.25) is 4.79 Å². The van der Waals surface area contributed by atoms with E-state index in [9.17, 15) is 9.18 Å². The molecule has 1 N–H and O–H groups in total. The van der Waals surface area contributed by atoms with Crippen molar-refractivity contribution in [3.05, 3.63) is 90.2 Å². The van der Waals surface area contributed by atoms with Gasteiger partial charge in [-0.15, -0.1) is 0 Å². The molecule has 1 amide bonds. The van der Waals surface area contributed by atoms with Gasteiger partial charge in [0.1, 0.15) is 11.6 Å². The van der Waals surface area contributed by atoms with Crippen molar-refractivity contribution in [2.75, 3.05) is 5.32 Å². The van der Waals surface area contributed by atoms with Crippen LogP contribution in [0, 0.1) is 5.82 Å². The summed E-state index contributed by atoms with van der Waals surface area (Å²) in [5.41, 5.74) is 1.54. The lowest BCUT2D eigenvalue weighted by Crippen LogP contribution is -2.13. The van der Waals surface area contributed by atoms with Gasteiger partial charge in [0.25, 0.3) is 0 Å². The summed E-state index contributed by atoms with van der Waals surface area (Å²) in [6.07, 6.45) is 0.860. The molecule has 0 aliphatic carbocycles. The van der Waals surface area contributed by atoms with Crippen molar-refractivity contribution in [3.8, 4) is 11.5 Å². The molecule has 4 heteroatoms. The second kappa shape index (κ2) is 8.11. The number of para-hydroxylation sites is 3. The van der Waals surface area contributed by atoms with Crippen molar-refractivity contribution >= 4 is 11.6 Å². The lowest BCUT2D eigenvalue weighted by molar-refractivity contribution is -0.116. The first kappa shape index (κ1) is 16.7. The minimum Gasteiger partial charge on any atom is -0.455 e. The van der Waals surface area contributed by atoms with Gasteiger partial charge in [-0.1, -0.05) is 42.5 Å². The molecule has 0 aliphatic heterocycles. The molecule has 0 saturated carbocycles. The maximum Gasteiger partial charge on any atom is 0.224 e. The van der Waals surface area contributed by atoms with Gasteiger partial charge in [-0.25, -0.2) is 4.39 Å². The summed E-state index contributed by atoms with van der Waals surface area (Å²) in [5, 5.41) is 2.87. The van der Waals surface area contributed by atoms with E-state index in [2.05, 4.69) is 5.32 Å². The molecular formula is C21H18FNO2. The predicted octanol–water partition coefficient (Wildman–Crippen LogP) is 5.19. The number of benzene rings is 3. The predicted molar refractivity (Wildman–Crippen MR) is 96.3 cm³/mol. The maximum absolute atomic E-state index is 12.9. The van der Waals surface area contributed by atoms with E-state index in [0.29, 0.717) is 30.0 Å². The highest BCUT2D eigenvalue weighted by molar-refractivity contribution is 5.92. The molecule has 0 saturated heterocycles. The molecule has 0 unspecified atom stereocenters. The molecule has 3 nitrogen and oxygen atoms in total. The molecule has 0 atom stereocenters. The Morgan fingerprint density at radius 1 is 0.880 bits per heavy atom. The lowest BCUT2D eigenvalue weighted by Gasteiger charge is -2.12. The average Bonchev–Trinajstić information content (AvgIpc) is 2.64. The topological polar surface area (TPSA) is 38.3 Å². The maximum atomic E-state index is 12.9. The minimum absolute atomic E-state index is 0.117. The molecular weight excluding hydrogens is 317 g/mol. The molecule has 0 heterocycles. The van der Waals surface area contributed by atoms with Crippen LogP contribution >= 0.6 is 0 Å². The lowest BCUT2D eigenvalue weighted by atomic mass is 10.1. The highest BCUT2D eigenvalue weighted by Crippen LogP contribution is 2.29. The minimum atomic E-state index is -0.278. The van der Waals surface area contributed by atoms with E-state index >= 15 is 0 Å². The van der Waals surface area contributed by atoms with E-state index in [1.54, 1.807) is 18.2 Å². The Morgan fingerprint density at radius 2 is 1.56 bits per heavy atom. The van der Waals surface area contributed by atoms with Gasteiger partial charge in [0.15, 0.2) is 5.75 Å². The SMILES string of the molecule is O=C(CCc1ccc(F)cc1)Nc1ccccc1Oc1ccccc1. The van der Waals surface area contributed by atoms with Gasteiger partial charge in [-0.05, 0) is 48.4 Å². The van der Waals surface area contributed by atoms with Crippen LogP contribution in [0.1, 0.15) is 12.0 Å². The summed E-state index contributed by atoms with van der Waals surface area (Å²) in [7, 11) is 0. The number of hydrogen-bond acceptors (Lipinski definition) is 2. The quantitative estimate of drug-likeness (QED) is 0.673. The van der Waals surface area contributed by atoms with Crippen LogP contribution < -0.4 is 10.1 Å². The largest absolute Gasteiger partial charge is 0.455 e. The Morgan fingerprint density at radius 3 is 2.32 bits per heavy atom. The number of nitrogens with one attached hydrogen (secondary N) is 1. The first-order chi connectivity index (χ1) is 12.2. The number of halogens is 1. The molecule has 0 fully saturated rings. The van der Waals surface area contributed by atoms with E-state index < -0.39 is 0 Å². The zero-order chi connectivity index (χ0) is 17.5. The molecule has 0 spiro atoms. The first-order valence-electron chi connectivity index (χ1n) is 8.07. The van der Waals surface area contributed by atoms with Crippen LogP contribution in [-0.4, -0.2) is 5.91 Å². The zero-order valence-electron chi connectivity index (χ0n) is 13.6. The monoisotopic (exact) mass is 335 g/mol. The molecule has 25 heavy (non-hydrogen) atoms. The molecule has 3 aromatic rings. The molecule has 126 valence electrons. The summed E-state index contributed by atoms with van der Waals surface area (Å²) in [4.78, 5) is 12.2. The summed E-state index contributed by atoms with van der Waals surface area (Å²) < 4.78 is 18.7. The number of carbonyl (C=O) groups is 1. The van der Waals surface area contributed by atoms with E-state index in [-0.39, 0.29) is 11.7 Å². The van der Waals surface area contributed by atoms with Crippen LogP contribution in [0.4, 0.5) is 10.1 Å². The average molecular weight is 335 g/mol. The molecule has 0 radical (unpaired) electrons. The number of anilines is 1. The third kappa shape index (κ3) is 4.91. The van der Waals surface area contributed by atoms with Gasteiger partial charge in [0.05, 0.1) is 5.69 Å². The van der Waals surface area contributed by atoms with Crippen molar-refractivity contribution in [2.24, 2.45) is 0 Å². The summed E-state index contributed by atoms with van der Waals surface area (Å²) in [6.45, 7) is 0. The summed E-state index contributed by atoms with van der Waals surface area (Å²) in [6, 6.07) is 22.9. The zero-order valence-corrected chi connectivity index (χ0v) is 13.6. The number of hydrogen-bond donors (Lipinski definition) is 1. The van der Waals surface area contributed by atoms with Crippen LogP contribution in [0.2, 0.25) is 0 Å². The standard InChI is InChI=1S/C21H18FNO2/c22-17-13-10-16(11-14-17)12-15-21(24)23-19-8-4-5-9-20(19)25-18-6-2-1-3-7-18/h1-11,13-14H,12,15H2,(H,23,24). The van der Waals surface area contributed by atoms with Crippen LogP contribution in [0.15, 0.2) is 78.9 Å². The molecule has 3 rings (SSSR count). The Balaban J connectivity index is 1.62. The molecule has 0 aromatic heterocycles. The van der Waals surface area contributed by atoms with E-state index in [0.717, 1.165) is 5.56 Å². The van der Waals surface area contributed by atoms with Crippen LogP contribution in [0.5, 0.6) is 11.5 Å². The van der Waals surface area contributed by atoms with Crippen molar-refractivity contribution in [2.45, 2.75) is 12.8 Å². The highest BCUT2D eigenvalue weighted by atomic mass is 19.1. The Bertz CT molecular complexity index is 832. The van der Waals surface area contributed by atoms with E-state index in [1.807, 2.05) is 48.5 Å².